The van der Waals surface area contributed by atoms with Crippen molar-refractivity contribution in [1.82, 2.24) is 5.32 Å². The van der Waals surface area contributed by atoms with E-state index in [0.29, 0.717) is 13.0 Å². The lowest BCUT2D eigenvalue weighted by Crippen LogP contribution is -2.30. The van der Waals surface area contributed by atoms with E-state index in [0.717, 1.165) is 12.8 Å². The molecular weight excluding hydrogens is 154 g/mol. The highest BCUT2D eigenvalue weighted by molar-refractivity contribution is 5.78. The second-order valence-corrected chi connectivity index (χ2v) is 3.35. The summed E-state index contributed by atoms with van der Waals surface area (Å²) in [6, 6.07) is 0. The standard InChI is InChI=1S/C9H17NO2/c11-7-3-6-10-9(12)8-4-1-2-5-8/h8,11H,1-7H2,(H,10,12). The van der Waals surface area contributed by atoms with Gasteiger partial charge < -0.3 is 10.4 Å². The molecule has 0 atom stereocenters. The Hall–Kier alpha value is -0.570. The van der Waals surface area contributed by atoms with Gasteiger partial charge in [0.1, 0.15) is 0 Å². The molecule has 1 amide bonds. The van der Waals surface area contributed by atoms with E-state index in [1.165, 1.54) is 12.8 Å². The maximum atomic E-state index is 11.3. The Balaban J connectivity index is 2.10. The van der Waals surface area contributed by atoms with E-state index in [-0.39, 0.29) is 18.4 Å². The van der Waals surface area contributed by atoms with Crippen molar-refractivity contribution < 1.29 is 9.90 Å². The zero-order valence-electron chi connectivity index (χ0n) is 7.38. The summed E-state index contributed by atoms with van der Waals surface area (Å²) in [4.78, 5) is 11.3. The molecule has 1 aliphatic carbocycles. The number of carbonyl (C=O) groups excluding carboxylic acids is 1. The minimum Gasteiger partial charge on any atom is -0.396 e. The van der Waals surface area contributed by atoms with E-state index >= 15 is 0 Å². The summed E-state index contributed by atoms with van der Waals surface area (Å²) in [6.45, 7) is 0.775. The van der Waals surface area contributed by atoms with Gasteiger partial charge in [0.25, 0.3) is 0 Å². The van der Waals surface area contributed by atoms with Gasteiger partial charge in [-0.1, -0.05) is 12.8 Å². The normalized spacial score (nSPS) is 18.1. The van der Waals surface area contributed by atoms with E-state index in [2.05, 4.69) is 5.32 Å². The van der Waals surface area contributed by atoms with Crippen LogP contribution < -0.4 is 5.32 Å². The lowest BCUT2D eigenvalue weighted by molar-refractivity contribution is -0.124. The Labute approximate surface area is 73.2 Å². The first-order valence-electron chi connectivity index (χ1n) is 4.73. The van der Waals surface area contributed by atoms with Gasteiger partial charge in [-0.3, -0.25) is 4.79 Å². The van der Waals surface area contributed by atoms with Crippen LogP contribution in [0.3, 0.4) is 0 Å². The number of carbonyl (C=O) groups is 1. The summed E-state index contributed by atoms with van der Waals surface area (Å²) in [7, 11) is 0. The molecule has 3 heteroatoms. The molecule has 1 rings (SSSR count). The number of aliphatic hydroxyl groups excluding tert-OH is 1. The van der Waals surface area contributed by atoms with Crippen LogP contribution in [0.1, 0.15) is 32.1 Å². The molecule has 0 heterocycles. The molecule has 1 fully saturated rings. The first-order chi connectivity index (χ1) is 5.84. The molecule has 0 aromatic carbocycles. The fourth-order valence-electron chi connectivity index (χ4n) is 1.62. The molecule has 0 unspecified atom stereocenters. The average Bonchev–Trinajstić information content (AvgIpc) is 2.56. The van der Waals surface area contributed by atoms with E-state index in [1.807, 2.05) is 0 Å². The molecule has 3 nitrogen and oxygen atoms in total. The monoisotopic (exact) mass is 171 g/mol. The molecule has 0 aliphatic heterocycles. The maximum absolute atomic E-state index is 11.3. The van der Waals surface area contributed by atoms with Crippen molar-refractivity contribution in [3.05, 3.63) is 0 Å². The average molecular weight is 171 g/mol. The Bertz CT molecular complexity index is 141. The third-order valence-electron chi connectivity index (χ3n) is 2.36. The summed E-state index contributed by atoms with van der Waals surface area (Å²) in [6.07, 6.45) is 5.14. The zero-order valence-corrected chi connectivity index (χ0v) is 7.38. The van der Waals surface area contributed by atoms with Gasteiger partial charge in [0.2, 0.25) is 5.91 Å². The van der Waals surface area contributed by atoms with Crippen LogP contribution in [0.2, 0.25) is 0 Å². The largest absolute Gasteiger partial charge is 0.396 e. The Morgan fingerprint density at radius 2 is 2.08 bits per heavy atom. The molecule has 1 aliphatic rings. The fraction of sp³-hybridized carbons (Fsp3) is 0.889. The van der Waals surface area contributed by atoms with Gasteiger partial charge in [-0.2, -0.15) is 0 Å². The number of rotatable bonds is 4. The van der Waals surface area contributed by atoms with Gasteiger partial charge in [-0.25, -0.2) is 0 Å². The van der Waals surface area contributed by atoms with E-state index in [4.69, 9.17) is 5.11 Å². The molecule has 0 saturated heterocycles. The highest BCUT2D eigenvalue weighted by atomic mass is 16.3. The van der Waals surface area contributed by atoms with Crippen molar-refractivity contribution in [3.8, 4) is 0 Å². The van der Waals surface area contributed by atoms with Crippen LogP contribution in [-0.4, -0.2) is 24.2 Å². The van der Waals surface area contributed by atoms with Gasteiger partial charge in [0, 0.05) is 19.1 Å². The zero-order chi connectivity index (χ0) is 8.81. The number of hydrogen-bond acceptors (Lipinski definition) is 2. The highest BCUT2D eigenvalue weighted by Gasteiger charge is 2.21. The lowest BCUT2D eigenvalue weighted by atomic mass is 10.1. The van der Waals surface area contributed by atoms with Gasteiger partial charge >= 0.3 is 0 Å². The van der Waals surface area contributed by atoms with Crippen LogP contribution in [0, 0.1) is 5.92 Å². The topological polar surface area (TPSA) is 49.3 Å². The quantitative estimate of drug-likeness (QED) is 0.611. The minimum atomic E-state index is 0.158. The number of amides is 1. The summed E-state index contributed by atoms with van der Waals surface area (Å²) in [5.41, 5.74) is 0. The van der Waals surface area contributed by atoms with Crippen molar-refractivity contribution in [1.29, 1.82) is 0 Å². The Morgan fingerprint density at radius 1 is 1.42 bits per heavy atom. The van der Waals surface area contributed by atoms with Crippen molar-refractivity contribution in [2.24, 2.45) is 5.92 Å². The van der Waals surface area contributed by atoms with Crippen molar-refractivity contribution in [3.63, 3.8) is 0 Å². The van der Waals surface area contributed by atoms with E-state index < -0.39 is 0 Å². The van der Waals surface area contributed by atoms with Crippen LogP contribution >= 0.6 is 0 Å². The summed E-state index contributed by atoms with van der Waals surface area (Å²) < 4.78 is 0. The molecule has 0 radical (unpaired) electrons. The molecule has 0 aromatic heterocycles. The van der Waals surface area contributed by atoms with Crippen LogP contribution in [0.15, 0.2) is 0 Å². The first-order valence-corrected chi connectivity index (χ1v) is 4.73. The second-order valence-electron chi connectivity index (χ2n) is 3.35. The molecule has 0 spiro atoms. The predicted octanol–water partition coefficient (Wildman–Crippen LogP) is 0.675. The lowest BCUT2D eigenvalue weighted by Gasteiger charge is -2.08. The van der Waals surface area contributed by atoms with Crippen molar-refractivity contribution in [2.75, 3.05) is 13.2 Å². The van der Waals surface area contributed by atoms with Crippen LogP contribution in [0.5, 0.6) is 0 Å². The Kier molecular flexibility index (Phi) is 4.08. The fourth-order valence-corrected chi connectivity index (χ4v) is 1.62. The minimum absolute atomic E-state index is 0.158. The number of aliphatic hydroxyl groups is 1. The molecule has 1 saturated carbocycles. The highest BCUT2D eigenvalue weighted by Crippen LogP contribution is 2.24. The van der Waals surface area contributed by atoms with Crippen LogP contribution in [-0.2, 0) is 4.79 Å². The molecule has 0 bridgehead atoms. The SMILES string of the molecule is O=C(NCCCO)C1CCCC1. The first kappa shape index (κ1) is 9.52. The van der Waals surface area contributed by atoms with Crippen molar-refractivity contribution >= 4 is 5.91 Å². The maximum Gasteiger partial charge on any atom is 0.223 e. The molecule has 12 heavy (non-hydrogen) atoms. The van der Waals surface area contributed by atoms with E-state index in [9.17, 15) is 4.79 Å². The molecule has 2 N–H and O–H groups in total. The van der Waals surface area contributed by atoms with E-state index in [1.54, 1.807) is 0 Å². The summed E-state index contributed by atoms with van der Waals surface area (Å²) in [5, 5.41) is 11.3. The third kappa shape index (κ3) is 2.81. The van der Waals surface area contributed by atoms with Crippen LogP contribution in [0.4, 0.5) is 0 Å². The third-order valence-corrected chi connectivity index (χ3v) is 2.36. The van der Waals surface area contributed by atoms with Crippen molar-refractivity contribution in [2.45, 2.75) is 32.1 Å². The summed E-state index contributed by atoms with van der Waals surface area (Å²) >= 11 is 0. The molecule has 70 valence electrons. The predicted molar refractivity (Wildman–Crippen MR) is 46.7 cm³/mol. The Morgan fingerprint density at radius 3 is 2.67 bits per heavy atom. The smallest absolute Gasteiger partial charge is 0.223 e. The second kappa shape index (κ2) is 5.14. The molecule has 0 aromatic rings. The van der Waals surface area contributed by atoms with Crippen LogP contribution in [0.25, 0.3) is 0 Å². The van der Waals surface area contributed by atoms with Gasteiger partial charge in [0.15, 0.2) is 0 Å². The van der Waals surface area contributed by atoms with Gasteiger partial charge in [-0.05, 0) is 19.3 Å². The molecular formula is C9H17NO2. The summed E-state index contributed by atoms with van der Waals surface area (Å²) in [5.74, 6) is 0.435. The van der Waals surface area contributed by atoms with Gasteiger partial charge in [-0.15, -0.1) is 0 Å². The number of hydrogen-bond donors (Lipinski definition) is 2. The van der Waals surface area contributed by atoms with Gasteiger partial charge in [0.05, 0.1) is 0 Å². The number of nitrogens with one attached hydrogen (secondary N) is 1.